The molecule has 1 heterocycles. The normalized spacial score (nSPS) is 22.8. The Balaban J connectivity index is 1.75. The molecule has 5 heteroatoms. The molecule has 1 saturated carbocycles. The Morgan fingerprint density at radius 3 is 2.63 bits per heavy atom. The summed E-state index contributed by atoms with van der Waals surface area (Å²) in [5.74, 6) is 1.56. The zero-order chi connectivity index (χ0) is 13.2. The lowest BCUT2D eigenvalue weighted by Crippen LogP contribution is -2.15. The molecule has 1 aliphatic carbocycles. The van der Waals surface area contributed by atoms with E-state index in [-0.39, 0.29) is 6.10 Å². The number of nitrogens with two attached hydrogens (primary N) is 1. The van der Waals surface area contributed by atoms with Gasteiger partial charge in [-0.25, -0.2) is 9.97 Å². The number of nitrogen functional groups attached to an aromatic ring is 1. The van der Waals surface area contributed by atoms with Crippen LogP contribution >= 0.6 is 0 Å². The Kier molecular flexibility index (Phi) is 3.21. The van der Waals surface area contributed by atoms with Gasteiger partial charge in [0.1, 0.15) is 0 Å². The van der Waals surface area contributed by atoms with Crippen LogP contribution in [0.1, 0.15) is 19.3 Å². The Morgan fingerprint density at radius 1 is 1.21 bits per heavy atom. The molecule has 1 fully saturated rings. The number of nitrogens with one attached hydrogen (secondary N) is 1. The van der Waals surface area contributed by atoms with Gasteiger partial charge < -0.3 is 16.2 Å². The summed E-state index contributed by atoms with van der Waals surface area (Å²) in [6.07, 6.45) is 2.65. The monoisotopic (exact) mass is 258 g/mol. The molecule has 3 rings (SSSR count). The van der Waals surface area contributed by atoms with Crippen LogP contribution in [0.5, 0.6) is 0 Å². The third-order valence-electron chi connectivity index (χ3n) is 3.67. The Hall–Kier alpha value is -1.88. The summed E-state index contributed by atoms with van der Waals surface area (Å²) in [5.41, 5.74) is 7.56. The Bertz CT molecular complexity index is 587. The molecule has 1 aliphatic rings. The molecule has 4 N–H and O–H groups in total. The number of fused-ring (bicyclic) bond motifs is 1. The van der Waals surface area contributed by atoms with E-state index in [1.165, 1.54) is 0 Å². The van der Waals surface area contributed by atoms with Crippen molar-refractivity contribution in [1.29, 1.82) is 0 Å². The fourth-order valence-electron chi connectivity index (χ4n) is 2.62. The van der Waals surface area contributed by atoms with Crippen molar-refractivity contribution in [2.75, 3.05) is 17.6 Å². The molecule has 0 radical (unpaired) electrons. The minimum atomic E-state index is -0.146. The van der Waals surface area contributed by atoms with Crippen LogP contribution in [0.2, 0.25) is 0 Å². The van der Waals surface area contributed by atoms with Crippen molar-refractivity contribution in [3.63, 3.8) is 0 Å². The van der Waals surface area contributed by atoms with Gasteiger partial charge in [0.2, 0.25) is 0 Å². The molecule has 2 atom stereocenters. The molecule has 2 unspecified atom stereocenters. The minimum Gasteiger partial charge on any atom is -0.393 e. The van der Waals surface area contributed by atoms with Gasteiger partial charge in [0, 0.05) is 6.54 Å². The van der Waals surface area contributed by atoms with Gasteiger partial charge in [-0.1, -0.05) is 12.1 Å². The summed E-state index contributed by atoms with van der Waals surface area (Å²) in [4.78, 5) is 8.83. The summed E-state index contributed by atoms with van der Waals surface area (Å²) in [6, 6.07) is 7.68. The van der Waals surface area contributed by atoms with Crippen LogP contribution in [0.25, 0.3) is 11.0 Å². The van der Waals surface area contributed by atoms with Crippen molar-refractivity contribution >= 4 is 22.7 Å². The number of benzene rings is 1. The number of hydrogen-bond acceptors (Lipinski definition) is 5. The van der Waals surface area contributed by atoms with E-state index in [4.69, 9.17) is 5.73 Å². The maximum atomic E-state index is 9.51. The molecule has 1 aromatic carbocycles. The first-order chi connectivity index (χ1) is 9.22. The summed E-state index contributed by atoms with van der Waals surface area (Å²) >= 11 is 0. The molecule has 1 aromatic heterocycles. The fourth-order valence-corrected chi connectivity index (χ4v) is 2.62. The Labute approximate surface area is 111 Å². The maximum Gasteiger partial charge on any atom is 0.169 e. The SMILES string of the molecule is Nc1nc2ccccc2nc1NCC1CCC(O)C1. The minimum absolute atomic E-state index is 0.146. The van der Waals surface area contributed by atoms with Crippen molar-refractivity contribution in [3.8, 4) is 0 Å². The summed E-state index contributed by atoms with van der Waals surface area (Å²) in [7, 11) is 0. The van der Waals surface area contributed by atoms with Crippen LogP contribution in [0, 0.1) is 5.92 Å². The van der Waals surface area contributed by atoms with E-state index >= 15 is 0 Å². The van der Waals surface area contributed by atoms with Crippen molar-refractivity contribution in [3.05, 3.63) is 24.3 Å². The fraction of sp³-hybridized carbons (Fsp3) is 0.429. The van der Waals surface area contributed by atoms with Crippen LogP contribution in [-0.2, 0) is 0 Å². The van der Waals surface area contributed by atoms with Gasteiger partial charge in [0.15, 0.2) is 11.6 Å². The molecule has 19 heavy (non-hydrogen) atoms. The molecule has 0 spiro atoms. The third kappa shape index (κ3) is 2.61. The largest absolute Gasteiger partial charge is 0.393 e. The van der Waals surface area contributed by atoms with Crippen LogP contribution in [0.15, 0.2) is 24.3 Å². The van der Waals surface area contributed by atoms with Crippen molar-refractivity contribution in [2.24, 2.45) is 5.92 Å². The van der Waals surface area contributed by atoms with E-state index < -0.39 is 0 Å². The number of nitrogens with zero attached hydrogens (tertiary/aromatic N) is 2. The first-order valence-electron chi connectivity index (χ1n) is 6.66. The summed E-state index contributed by atoms with van der Waals surface area (Å²) < 4.78 is 0. The average Bonchev–Trinajstić information content (AvgIpc) is 2.82. The summed E-state index contributed by atoms with van der Waals surface area (Å²) in [5, 5.41) is 12.8. The average molecular weight is 258 g/mol. The third-order valence-corrected chi connectivity index (χ3v) is 3.67. The quantitative estimate of drug-likeness (QED) is 0.781. The van der Waals surface area contributed by atoms with Crippen molar-refractivity contribution in [2.45, 2.75) is 25.4 Å². The molecule has 100 valence electrons. The Morgan fingerprint density at radius 2 is 1.95 bits per heavy atom. The second-order valence-electron chi connectivity index (χ2n) is 5.16. The van der Waals surface area contributed by atoms with E-state index in [1.807, 2.05) is 24.3 Å². The predicted molar refractivity (Wildman–Crippen MR) is 75.8 cm³/mol. The van der Waals surface area contributed by atoms with E-state index in [2.05, 4.69) is 15.3 Å². The van der Waals surface area contributed by atoms with Gasteiger partial charge in [-0.2, -0.15) is 0 Å². The number of anilines is 2. The second-order valence-corrected chi connectivity index (χ2v) is 5.16. The van der Waals surface area contributed by atoms with E-state index in [0.29, 0.717) is 17.6 Å². The molecule has 0 aliphatic heterocycles. The van der Waals surface area contributed by atoms with Crippen LogP contribution in [0.3, 0.4) is 0 Å². The molecule has 0 amide bonds. The maximum absolute atomic E-state index is 9.51. The summed E-state index contributed by atoms with van der Waals surface area (Å²) in [6.45, 7) is 0.786. The van der Waals surface area contributed by atoms with Crippen LogP contribution in [0.4, 0.5) is 11.6 Å². The van der Waals surface area contributed by atoms with Gasteiger partial charge in [-0.3, -0.25) is 0 Å². The van der Waals surface area contributed by atoms with Gasteiger partial charge in [-0.05, 0) is 37.3 Å². The van der Waals surface area contributed by atoms with E-state index in [0.717, 1.165) is 36.8 Å². The number of aliphatic hydroxyl groups excluding tert-OH is 1. The van der Waals surface area contributed by atoms with Crippen molar-refractivity contribution < 1.29 is 5.11 Å². The van der Waals surface area contributed by atoms with E-state index in [1.54, 1.807) is 0 Å². The lowest BCUT2D eigenvalue weighted by molar-refractivity contribution is 0.178. The zero-order valence-corrected chi connectivity index (χ0v) is 10.7. The number of aliphatic hydroxyl groups is 1. The van der Waals surface area contributed by atoms with E-state index in [9.17, 15) is 5.11 Å². The lowest BCUT2D eigenvalue weighted by Gasteiger charge is -2.13. The highest BCUT2D eigenvalue weighted by Gasteiger charge is 2.22. The number of hydrogen-bond donors (Lipinski definition) is 3. The first-order valence-corrected chi connectivity index (χ1v) is 6.66. The lowest BCUT2D eigenvalue weighted by atomic mass is 10.1. The number of rotatable bonds is 3. The molecular formula is C14H18N4O. The predicted octanol–water partition coefficient (Wildman–Crippen LogP) is 1.78. The topological polar surface area (TPSA) is 84.1 Å². The van der Waals surface area contributed by atoms with Crippen LogP contribution in [-0.4, -0.2) is 27.7 Å². The van der Waals surface area contributed by atoms with Crippen LogP contribution < -0.4 is 11.1 Å². The molecule has 0 saturated heterocycles. The van der Waals surface area contributed by atoms with Gasteiger partial charge in [0.25, 0.3) is 0 Å². The molecule has 5 nitrogen and oxygen atoms in total. The molecule has 2 aromatic rings. The highest BCUT2D eigenvalue weighted by molar-refractivity contribution is 5.79. The van der Waals surface area contributed by atoms with Gasteiger partial charge in [0.05, 0.1) is 17.1 Å². The smallest absolute Gasteiger partial charge is 0.169 e. The zero-order valence-electron chi connectivity index (χ0n) is 10.7. The molecular weight excluding hydrogens is 240 g/mol. The standard InChI is InChI=1S/C14H18N4O/c15-13-14(16-8-9-5-6-10(19)7-9)18-12-4-2-1-3-11(12)17-13/h1-4,9-10,19H,5-8H2,(H2,15,17)(H,16,18). The highest BCUT2D eigenvalue weighted by Crippen LogP contribution is 2.26. The first kappa shape index (κ1) is 12.2. The second kappa shape index (κ2) is 5.01. The molecule has 0 bridgehead atoms. The van der Waals surface area contributed by atoms with Crippen molar-refractivity contribution in [1.82, 2.24) is 9.97 Å². The van der Waals surface area contributed by atoms with Gasteiger partial charge in [-0.15, -0.1) is 0 Å². The van der Waals surface area contributed by atoms with Gasteiger partial charge >= 0.3 is 0 Å². The number of para-hydroxylation sites is 2. The highest BCUT2D eigenvalue weighted by atomic mass is 16.3. The number of aromatic nitrogens is 2.